The molecule has 0 saturated heterocycles. The number of phenolic OH excluding ortho intramolecular Hbond substituents is 1. The van der Waals surface area contributed by atoms with E-state index >= 15 is 0 Å². The summed E-state index contributed by atoms with van der Waals surface area (Å²) in [6.07, 6.45) is 0. The summed E-state index contributed by atoms with van der Waals surface area (Å²) in [6.45, 7) is 4.26. The molecule has 0 amide bonds. The third-order valence-electron chi connectivity index (χ3n) is 3.17. The molecular weight excluding hydrogens is 294 g/mol. The number of carbonyl (C=O) groups excluding carboxylic acids is 1. The second kappa shape index (κ2) is 5.95. The number of esters is 1. The van der Waals surface area contributed by atoms with Gasteiger partial charge in [0.2, 0.25) is 0 Å². The molecule has 0 atom stereocenters. The van der Waals surface area contributed by atoms with Crippen LogP contribution in [0.2, 0.25) is 5.02 Å². The number of fused-ring (bicyclic) bond motifs is 1. The van der Waals surface area contributed by atoms with Gasteiger partial charge in [0.25, 0.3) is 0 Å². The van der Waals surface area contributed by atoms with Crippen LogP contribution >= 0.6 is 11.6 Å². The molecular formula is C15H19ClNO4+. The minimum atomic E-state index is -0.499. The molecule has 2 aromatic rings. The lowest BCUT2D eigenvalue weighted by atomic mass is 10.1. The normalized spacial score (nSPS) is 11.3. The molecule has 0 aliphatic heterocycles. The minimum absolute atomic E-state index is 0.0169. The topological polar surface area (TPSA) is 64.1 Å². The molecule has 2 N–H and O–H groups in total. The van der Waals surface area contributed by atoms with Crippen LogP contribution in [0.1, 0.15) is 28.6 Å². The summed E-state index contributed by atoms with van der Waals surface area (Å²) in [7, 11) is 3.93. The Labute approximate surface area is 128 Å². The number of benzene rings is 1. The number of quaternary nitrogens is 1. The number of aryl methyl sites for hydroxylation is 1. The van der Waals surface area contributed by atoms with Crippen molar-refractivity contribution in [2.24, 2.45) is 0 Å². The van der Waals surface area contributed by atoms with Gasteiger partial charge in [0.05, 0.1) is 36.7 Å². The molecule has 0 bridgehead atoms. The van der Waals surface area contributed by atoms with Crippen molar-refractivity contribution in [2.75, 3.05) is 20.7 Å². The molecule has 1 heterocycles. The summed E-state index contributed by atoms with van der Waals surface area (Å²) in [5.74, 6) is -0.0863. The highest BCUT2D eigenvalue weighted by Gasteiger charge is 2.25. The van der Waals surface area contributed by atoms with Crippen molar-refractivity contribution in [1.82, 2.24) is 0 Å². The minimum Gasteiger partial charge on any atom is -0.506 e. The fourth-order valence-electron chi connectivity index (χ4n) is 2.34. The van der Waals surface area contributed by atoms with Crippen molar-refractivity contribution in [1.29, 1.82) is 0 Å². The largest absolute Gasteiger partial charge is 0.506 e. The molecule has 5 nitrogen and oxygen atoms in total. The smallest absolute Gasteiger partial charge is 0.342 e. The zero-order valence-electron chi connectivity index (χ0n) is 12.5. The molecule has 0 saturated carbocycles. The second-order valence-corrected chi connectivity index (χ2v) is 5.59. The first-order chi connectivity index (χ1) is 9.86. The van der Waals surface area contributed by atoms with Gasteiger partial charge in [0.1, 0.15) is 29.2 Å². The Morgan fingerprint density at radius 1 is 1.48 bits per heavy atom. The highest BCUT2D eigenvalue weighted by atomic mass is 35.5. The SMILES string of the molecule is CCOC(=O)c1c(C)oc2cc(C[NH+](C)C)c(O)c(Cl)c12. The van der Waals surface area contributed by atoms with Crippen molar-refractivity contribution < 1.29 is 24.0 Å². The number of hydrogen-bond donors (Lipinski definition) is 2. The summed E-state index contributed by atoms with van der Waals surface area (Å²) >= 11 is 6.25. The summed E-state index contributed by atoms with van der Waals surface area (Å²) in [5.41, 5.74) is 1.43. The Morgan fingerprint density at radius 2 is 2.14 bits per heavy atom. The fourth-order valence-corrected chi connectivity index (χ4v) is 2.65. The lowest BCUT2D eigenvalue weighted by Crippen LogP contribution is -3.04. The molecule has 0 fully saturated rings. The van der Waals surface area contributed by atoms with Gasteiger partial charge in [-0.1, -0.05) is 11.6 Å². The van der Waals surface area contributed by atoms with E-state index in [9.17, 15) is 9.90 Å². The number of phenols is 1. The Balaban J connectivity index is 2.67. The number of furan rings is 1. The summed E-state index contributed by atoms with van der Waals surface area (Å²) in [4.78, 5) is 13.2. The van der Waals surface area contributed by atoms with Crippen LogP contribution in [0.4, 0.5) is 0 Å². The van der Waals surface area contributed by atoms with Crippen LogP contribution in [0.3, 0.4) is 0 Å². The first-order valence-electron chi connectivity index (χ1n) is 6.76. The van der Waals surface area contributed by atoms with Gasteiger partial charge in [0, 0.05) is 0 Å². The van der Waals surface area contributed by atoms with Crippen LogP contribution in [0.25, 0.3) is 11.0 Å². The highest BCUT2D eigenvalue weighted by molar-refractivity contribution is 6.38. The number of nitrogens with one attached hydrogen (secondary N) is 1. The maximum atomic E-state index is 12.0. The second-order valence-electron chi connectivity index (χ2n) is 5.21. The monoisotopic (exact) mass is 312 g/mol. The molecule has 1 aromatic carbocycles. The van der Waals surface area contributed by atoms with E-state index in [2.05, 4.69) is 0 Å². The molecule has 21 heavy (non-hydrogen) atoms. The van der Waals surface area contributed by atoms with Crippen LogP contribution in [-0.4, -0.2) is 31.8 Å². The standard InChI is InChI=1S/C15H18ClNO4/c1-5-20-15(19)11-8(2)21-10-6-9(7-17(3)4)14(18)13(16)12(10)11/h6,18H,5,7H2,1-4H3/p+1. The number of halogens is 1. The van der Waals surface area contributed by atoms with E-state index in [1.165, 1.54) is 0 Å². The number of ether oxygens (including phenoxy) is 1. The summed E-state index contributed by atoms with van der Waals surface area (Å²) < 4.78 is 10.6. The quantitative estimate of drug-likeness (QED) is 0.847. The average Bonchev–Trinajstić information content (AvgIpc) is 2.72. The number of aromatic hydroxyl groups is 1. The van der Waals surface area contributed by atoms with Gasteiger partial charge in [-0.2, -0.15) is 0 Å². The number of carbonyl (C=O) groups is 1. The molecule has 0 aliphatic rings. The van der Waals surface area contributed by atoms with E-state index in [1.807, 2.05) is 14.1 Å². The van der Waals surface area contributed by atoms with E-state index < -0.39 is 5.97 Å². The Kier molecular flexibility index (Phi) is 4.44. The first-order valence-corrected chi connectivity index (χ1v) is 7.14. The Morgan fingerprint density at radius 3 is 2.71 bits per heavy atom. The van der Waals surface area contributed by atoms with Crippen LogP contribution in [-0.2, 0) is 11.3 Å². The zero-order chi connectivity index (χ0) is 15.7. The van der Waals surface area contributed by atoms with Crippen molar-refractivity contribution in [3.8, 4) is 5.75 Å². The maximum absolute atomic E-state index is 12.0. The molecule has 6 heteroatoms. The van der Waals surface area contributed by atoms with Gasteiger partial charge in [-0.3, -0.25) is 0 Å². The van der Waals surface area contributed by atoms with Crippen LogP contribution in [0.5, 0.6) is 5.75 Å². The van der Waals surface area contributed by atoms with Crippen molar-refractivity contribution in [3.05, 3.63) is 28.0 Å². The Bertz CT molecular complexity index is 691. The van der Waals surface area contributed by atoms with Crippen molar-refractivity contribution >= 4 is 28.5 Å². The lowest BCUT2D eigenvalue weighted by molar-refractivity contribution is -0.872. The number of rotatable bonds is 4. The van der Waals surface area contributed by atoms with E-state index in [1.54, 1.807) is 19.9 Å². The molecule has 0 aliphatic carbocycles. The first kappa shape index (κ1) is 15.7. The molecule has 0 spiro atoms. The van der Waals surface area contributed by atoms with Crippen LogP contribution < -0.4 is 4.90 Å². The predicted octanol–water partition coefficient (Wildman–Crippen LogP) is 1.92. The van der Waals surface area contributed by atoms with Crippen LogP contribution in [0.15, 0.2) is 10.5 Å². The van der Waals surface area contributed by atoms with Gasteiger partial charge in [0.15, 0.2) is 0 Å². The van der Waals surface area contributed by atoms with Gasteiger partial charge in [-0.05, 0) is 19.9 Å². The van der Waals surface area contributed by atoms with Gasteiger partial charge >= 0.3 is 5.97 Å². The molecule has 2 rings (SSSR count). The average molecular weight is 313 g/mol. The molecule has 0 unspecified atom stereocenters. The predicted molar refractivity (Wildman–Crippen MR) is 80.1 cm³/mol. The van der Waals surface area contributed by atoms with E-state index in [4.69, 9.17) is 20.8 Å². The van der Waals surface area contributed by atoms with E-state index in [0.717, 1.165) is 4.90 Å². The lowest BCUT2D eigenvalue weighted by Gasteiger charge is -2.10. The molecule has 114 valence electrons. The number of hydrogen-bond acceptors (Lipinski definition) is 4. The summed E-state index contributed by atoms with van der Waals surface area (Å²) in [6, 6.07) is 1.72. The highest BCUT2D eigenvalue weighted by Crippen LogP contribution is 2.39. The van der Waals surface area contributed by atoms with Gasteiger partial charge in [-0.15, -0.1) is 0 Å². The van der Waals surface area contributed by atoms with Crippen molar-refractivity contribution in [2.45, 2.75) is 20.4 Å². The molecule has 1 aromatic heterocycles. The van der Waals surface area contributed by atoms with Crippen molar-refractivity contribution in [3.63, 3.8) is 0 Å². The third kappa shape index (κ3) is 2.84. The fraction of sp³-hybridized carbons (Fsp3) is 0.400. The zero-order valence-corrected chi connectivity index (χ0v) is 13.3. The van der Waals surface area contributed by atoms with Crippen LogP contribution in [0, 0.1) is 6.92 Å². The van der Waals surface area contributed by atoms with Gasteiger partial charge in [-0.25, -0.2) is 4.79 Å². The Hall–Kier alpha value is -1.72. The third-order valence-corrected chi connectivity index (χ3v) is 3.54. The van der Waals surface area contributed by atoms with E-state index in [0.29, 0.717) is 28.8 Å². The summed E-state index contributed by atoms with van der Waals surface area (Å²) in [5, 5.41) is 10.8. The van der Waals surface area contributed by atoms with E-state index in [-0.39, 0.29) is 22.9 Å². The molecule has 0 radical (unpaired) electrons. The van der Waals surface area contributed by atoms with Gasteiger partial charge < -0.3 is 19.2 Å². The maximum Gasteiger partial charge on any atom is 0.342 e.